The summed E-state index contributed by atoms with van der Waals surface area (Å²) in [6.07, 6.45) is -7.17. The number of carbonyl (C=O) groups is 3. The molecule has 0 bridgehead atoms. The SMILES string of the molecule is CC(=O)OC[C@H]1O[C@@H](ON(C(C)=O)c2ccccc2)[C@H](O)[C@@H](O)[C@@H]1OC(C)=O. The molecule has 0 radical (unpaired) electrons. The summed E-state index contributed by atoms with van der Waals surface area (Å²) in [5.41, 5.74) is 0.374. The van der Waals surface area contributed by atoms with Crippen LogP contribution >= 0.6 is 0 Å². The molecule has 1 heterocycles. The number of hydroxylamine groups is 1. The molecule has 1 aliphatic rings. The van der Waals surface area contributed by atoms with Gasteiger partial charge in [-0.3, -0.25) is 14.4 Å². The van der Waals surface area contributed by atoms with Crippen LogP contribution < -0.4 is 5.06 Å². The molecule has 2 N–H and O–H groups in total. The third-order valence-corrected chi connectivity index (χ3v) is 3.88. The Bertz CT molecular complexity index is 696. The molecule has 1 saturated heterocycles. The van der Waals surface area contributed by atoms with E-state index in [1.165, 1.54) is 13.8 Å². The second kappa shape index (κ2) is 9.60. The monoisotopic (exact) mass is 397 g/mol. The van der Waals surface area contributed by atoms with E-state index in [0.29, 0.717) is 5.69 Å². The topological polar surface area (TPSA) is 132 Å². The molecule has 0 aromatic heterocycles. The fourth-order valence-electron chi connectivity index (χ4n) is 2.65. The first-order valence-corrected chi connectivity index (χ1v) is 8.55. The van der Waals surface area contributed by atoms with Gasteiger partial charge in [-0.2, -0.15) is 5.06 Å². The van der Waals surface area contributed by atoms with Crippen LogP contribution in [-0.2, 0) is 33.4 Å². The fourth-order valence-corrected chi connectivity index (χ4v) is 2.65. The van der Waals surface area contributed by atoms with Crippen LogP contribution in [-0.4, -0.2) is 65.4 Å². The highest BCUT2D eigenvalue weighted by Gasteiger charge is 2.48. The number of benzene rings is 1. The average Bonchev–Trinajstić information content (AvgIpc) is 2.64. The number of carbonyl (C=O) groups excluding carboxylic acids is 3. The van der Waals surface area contributed by atoms with Gasteiger partial charge in [-0.25, -0.2) is 4.84 Å². The second-order valence-corrected chi connectivity index (χ2v) is 6.16. The number of amides is 1. The molecule has 154 valence electrons. The zero-order chi connectivity index (χ0) is 20.8. The van der Waals surface area contributed by atoms with Crippen molar-refractivity contribution in [2.24, 2.45) is 0 Å². The minimum Gasteiger partial charge on any atom is -0.463 e. The van der Waals surface area contributed by atoms with Gasteiger partial charge in [0.25, 0.3) is 0 Å². The van der Waals surface area contributed by atoms with Gasteiger partial charge in [0, 0.05) is 20.8 Å². The van der Waals surface area contributed by atoms with E-state index in [1.54, 1.807) is 30.3 Å². The predicted molar refractivity (Wildman–Crippen MR) is 93.5 cm³/mol. The van der Waals surface area contributed by atoms with Gasteiger partial charge in [0.15, 0.2) is 6.10 Å². The number of ether oxygens (including phenoxy) is 3. The molecule has 1 aromatic carbocycles. The summed E-state index contributed by atoms with van der Waals surface area (Å²) in [4.78, 5) is 39.9. The number of aliphatic hydroxyl groups is 2. The van der Waals surface area contributed by atoms with E-state index >= 15 is 0 Å². The normalized spacial score (nSPS) is 27.0. The van der Waals surface area contributed by atoms with Crippen LogP contribution in [0.3, 0.4) is 0 Å². The molecule has 1 fully saturated rings. The van der Waals surface area contributed by atoms with Crippen LogP contribution in [0.25, 0.3) is 0 Å². The summed E-state index contributed by atoms with van der Waals surface area (Å²) in [5, 5.41) is 21.6. The average molecular weight is 397 g/mol. The first-order valence-electron chi connectivity index (χ1n) is 8.55. The number of anilines is 1. The number of hydrogen-bond donors (Lipinski definition) is 2. The summed E-state index contributed by atoms with van der Waals surface area (Å²) in [5.74, 6) is -1.84. The van der Waals surface area contributed by atoms with E-state index in [2.05, 4.69) is 0 Å². The molecule has 1 aromatic rings. The largest absolute Gasteiger partial charge is 0.463 e. The maximum absolute atomic E-state index is 12.0. The van der Waals surface area contributed by atoms with Gasteiger partial charge >= 0.3 is 11.9 Å². The van der Waals surface area contributed by atoms with Crippen molar-refractivity contribution in [1.29, 1.82) is 0 Å². The molecule has 0 aliphatic carbocycles. The Hall–Kier alpha value is -2.53. The lowest BCUT2D eigenvalue weighted by Gasteiger charge is -2.42. The summed E-state index contributed by atoms with van der Waals surface area (Å²) < 4.78 is 15.4. The lowest BCUT2D eigenvalue weighted by Crippen LogP contribution is -2.61. The van der Waals surface area contributed by atoms with E-state index in [9.17, 15) is 24.6 Å². The molecular weight excluding hydrogens is 374 g/mol. The lowest BCUT2D eigenvalue weighted by molar-refractivity contribution is -0.305. The molecule has 5 atom stereocenters. The van der Waals surface area contributed by atoms with E-state index in [1.807, 2.05) is 0 Å². The number of rotatable bonds is 6. The Kier molecular flexibility index (Phi) is 7.46. The minimum absolute atomic E-state index is 0.359. The number of hydrogen-bond acceptors (Lipinski definition) is 9. The van der Waals surface area contributed by atoms with Gasteiger partial charge in [0.1, 0.15) is 24.9 Å². The molecule has 10 heteroatoms. The van der Waals surface area contributed by atoms with Crippen LogP contribution in [0.1, 0.15) is 20.8 Å². The van der Waals surface area contributed by atoms with Crippen molar-refractivity contribution >= 4 is 23.5 Å². The Morgan fingerprint density at radius 2 is 1.68 bits per heavy atom. The van der Waals surface area contributed by atoms with Gasteiger partial charge in [0.2, 0.25) is 12.2 Å². The zero-order valence-electron chi connectivity index (χ0n) is 15.7. The van der Waals surface area contributed by atoms with Crippen molar-refractivity contribution in [1.82, 2.24) is 0 Å². The molecule has 1 amide bonds. The highest BCUT2D eigenvalue weighted by molar-refractivity contribution is 5.89. The van der Waals surface area contributed by atoms with Crippen LogP contribution in [0.5, 0.6) is 0 Å². The minimum atomic E-state index is -1.65. The number of aliphatic hydroxyl groups excluding tert-OH is 2. The molecular formula is C18H23NO9. The first-order chi connectivity index (χ1) is 13.2. The van der Waals surface area contributed by atoms with Crippen LogP contribution in [0, 0.1) is 0 Å². The summed E-state index contributed by atoms with van der Waals surface area (Å²) in [6.45, 7) is 3.19. The second-order valence-electron chi connectivity index (χ2n) is 6.16. The van der Waals surface area contributed by atoms with E-state index in [4.69, 9.17) is 19.0 Å². The van der Waals surface area contributed by atoms with Gasteiger partial charge < -0.3 is 24.4 Å². The van der Waals surface area contributed by atoms with E-state index in [0.717, 1.165) is 12.0 Å². The standard InChI is InChI=1S/C18H23NO9/c1-10(20)19(13-7-5-4-6-8-13)28-18-16(24)15(23)17(26-12(3)22)14(27-18)9-25-11(2)21/h4-8,14-18,23-24H,9H2,1-3H3/t14-,15-,16-,17-,18+/m1/s1. The van der Waals surface area contributed by atoms with Gasteiger partial charge in [-0.05, 0) is 12.1 Å². The van der Waals surface area contributed by atoms with Crippen molar-refractivity contribution in [3.05, 3.63) is 30.3 Å². The molecule has 0 unspecified atom stereocenters. The Labute approximate surface area is 161 Å². The number of para-hydroxylation sites is 1. The predicted octanol–water partition coefficient (Wildman–Crippen LogP) is -0.0874. The van der Waals surface area contributed by atoms with Crippen molar-refractivity contribution in [2.45, 2.75) is 51.5 Å². The summed E-state index contributed by atoms with van der Waals surface area (Å²) >= 11 is 0. The molecule has 28 heavy (non-hydrogen) atoms. The van der Waals surface area contributed by atoms with Crippen LogP contribution in [0.4, 0.5) is 5.69 Å². The lowest BCUT2D eigenvalue weighted by atomic mass is 9.99. The van der Waals surface area contributed by atoms with Gasteiger partial charge in [-0.15, -0.1) is 0 Å². The number of esters is 2. The first kappa shape index (κ1) is 21.8. The van der Waals surface area contributed by atoms with Crippen molar-refractivity contribution in [3.8, 4) is 0 Å². The van der Waals surface area contributed by atoms with E-state index < -0.39 is 48.6 Å². The maximum Gasteiger partial charge on any atom is 0.303 e. The Balaban J connectivity index is 2.22. The highest BCUT2D eigenvalue weighted by atomic mass is 16.8. The zero-order valence-corrected chi connectivity index (χ0v) is 15.7. The van der Waals surface area contributed by atoms with Crippen LogP contribution in [0.15, 0.2) is 30.3 Å². The molecule has 1 aliphatic heterocycles. The third-order valence-electron chi connectivity index (χ3n) is 3.88. The molecule has 10 nitrogen and oxygen atoms in total. The van der Waals surface area contributed by atoms with Crippen molar-refractivity contribution in [3.63, 3.8) is 0 Å². The molecule has 0 saturated carbocycles. The van der Waals surface area contributed by atoms with Crippen molar-refractivity contribution in [2.75, 3.05) is 11.7 Å². The molecule has 0 spiro atoms. The molecule has 2 rings (SSSR count). The van der Waals surface area contributed by atoms with E-state index in [-0.39, 0.29) is 6.61 Å². The fraction of sp³-hybridized carbons (Fsp3) is 0.500. The van der Waals surface area contributed by atoms with Crippen LogP contribution in [0.2, 0.25) is 0 Å². The summed E-state index contributed by atoms with van der Waals surface area (Å²) in [6, 6.07) is 8.32. The third kappa shape index (κ3) is 5.49. The maximum atomic E-state index is 12.0. The number of nitrogens with zero attached hydrogens (tertiary/aromatic N) is 1. The quantitative estimate of drug-likeness (QED) is 0.499. The smallest absolute Gasteiger partial charge is 0.303 e. The van der Waals surface area contributed by atoms with Gasteiger partial charge in [-0.1, -0.05) is 18.2 Å². The van der Waals surface area contributed by atoms with Crippen molar-refractivity contribution < 1.29 is 43.6 Å². The Morgan fingerprint density at radius 3 is 2.21 bits per heavy atom. The Morgan fingerprint density at radius 1 is 1.04 bits per heavy atom. The summed E-state index contributed by atoms with van der Waals surface area (Å²) in [7, 11) is 0. The van der Waals surface area contributed by atoms with Gasteiger partial charge in [0.05, 0.1) is 5.69 Å². The highest BCUT2D eigenvalue weighted by Crippen LogP contribution is 2.27.